The van der Waals surface area contributed by atoms with Crippen LogP contribution in [-0.4, -0.2) is 36.3 Å². The predicted octanol–water partition coefficient (Wildman–Crippen LogP) is 4.07. The molecule has 4 aromatic carbocycles. The molecule has 4 rings (SSSR count). The summed E-state index contributed by atoms with van der Waals surface area (Å²) in [5.74, 6) is -1.13. The third-order valence-corrected chi connectivity index (χ3v) is 6.77. The summed E-state index contributed by atoms with van der Waals surface area (Å²) in [5, 5.41) is 8.53. The van der Waals surface area contributed by atoms with Crippen molar-refractivity contribution in [1.82, 2.24) is 5.32 Å². The number of amides is 3. The number of rotatable bonds is 13. The number of hydrogen-bond acceptors (Lipinski definition) is 5. The maximum absolute atomic E-state index is 13.1. The van der Waals surface area contributed by atoms with Crippen molar-refractivity contribution in [2.45, 2.75) is 37.8 Å². The van der Waals surface area contributed by atoms with Crippen molar-refractivity contribution in [2.75, 3.05) is 17.2 Å². The van der Waals surface area contributed by atoms with E-state index in [9.17, 15) is 14.4 Å². The van der Waals surface area contributed by atoms with Gasteiger partial charge >= 0.3 is 0 Å². The second-order valence-corrected chi connectivity index (χ2v) is 10.2. The van der Waals surface area contributed by atoms with Gasteiger partial charge in [0.25, 0.3) is 5.91 Å². The minimum absolute atomic E-state index is 0.288. The van der Waals surface area contributed by atoms with Gasteiger partial charge in [0, 0.05) is 23.5 Å². The molecule has 0 fully saturated rings. The molecule has 0 spiro atoms. The quantitative estimate of drug-likeness (QED) is 0.156. The van der Waals surface area contributed by atoms with E-state index >= 15 is 0 Å². The zero-order valence-corrected chi connectivity index (χ0v) is 23.5. The van der Waals surface area contributed by atoms with Gasteiger partial charge in [-0.05, 0) is 60.6 Å². The normalized spacial score (nSPS) is 12.1. The van der Waals surface area contributed by atoms with Crippen LogP contribution >= 0.6 is 0 Å². The van der Waals surface area contributed by atoms with Gasteiger partial charge in [-0.25, -0.2) is 0 Å². The van der Waals surface area contributed by atoms with Crippen LogP contribution < -0.4 is 27.4 Å². The zero-order valence-electron chi connectivity index (χ0n) is 23.5. The van der Waals surface area contributed by atoms with Crippen LogP contribution in [0.15, 0.2) is 109 Å². The summed E-state index contributed by atoms with van der Waals surface area (Å²) in [6.07, 6.45) is 2.30. The van der Waals surface area contributed by atoms with Crippen LogP contribution in [0.1, 0.15) is 33.5 Å². The Morgan fingerprint density at radius 3 is 1.48 bits per heavy atom. The highest BCUT2D eigenvalue weighted by molar-refractivity contribution is 6.02. The number of carbonyl (C=O) groups excluding carboxylic acids is 3. The van der Waals surface area contributed by atoms with Gasteiger partial charge in [-0.15, -0.1) is 0 Å². The van der Waals surface area contributed by atoms with Gasteiger partial charge in [0.05, 0.1) is 12.1 Å². The van der Waals surface area contributed by atoms with E-state index in [4.69, 9.17) is 11.5 Å². The summed E-state index contributed by atoms with van der Waals surface area (Å²) in [6.45, 7) is 0.468. The highest BCUT2D eigenvalue weighted by atomic mass is 16.2. The molecular weight excluding hydrogens is 526 g/mol. The third kappa shape index (κ3) is 9.40. The summed E-state index contributed by atoms with van der Waals surface area (Å²) in [6, 6.07) is 32.1. The van der Waals surface area contributed by atoms with Gasteiger partial charge in [-0.3, -0.25) is 14.4 Å². The van der Waals surface area contributed by atoms with E-state index < -0.39 is 23.9 Å². The van der Waals surface area contributed by atoms with Crippen molar-refractivity contribution < 1.29 is 14.4 Å². The van der Waals surface area contributed by atoms with E-state index in [0.29, 0.717) is 30.8 Å². The molecule has 42 heavy (non-hydrogen) atoms. The van der Waals surface area contributed by atoms with Crippen LogP contribution in [0, 0.1) is 0 Å². The molecule has 0 radical (unpaired) electrons. The summed E-state index contributed by atoms with van der Waals surface area (Å²) in [7, 11) is 0. The zero-order chi connectivity index (χ0) is 29.7. The first-order chi connectivity index (χ1) is 20.4. The van der Waals surface area contributed by atoms with Crippen LogP contribution in [-0.2, 0) is 28.9 Å². The van der Waals surface area contributed by atoms with Gasteiger partial charge in [0.15, 0.2) is 0 Å². The predicted molar refractivity (Wildman–Crippen MR) is 167 cm³/mol. The first-order valence-electron chi connectivity index (χ1n) is 14.1. The molecule has 0 aromatic heterocycles. The van der Waals surface area contributed by atoms with Gasteiger partial charge in [0.2, 0.25) is 11.8 Å². The lowest BCUT2D eigenvalue weighted by Crippen LogP contribution is -2.38. The largest absolute Gasteiger partial charge is 0.352 e. The van der Waals surface area contributed by atoms with Crippen molar-refractivity contribution in [3.63, 3.8) is 0 Å². The number of nitrogens with one attached hydrogen (secondary N) is 3. The van der Waals surface area contributed by atoms with Crippen molar-refractivity contribution >= 4 is 29.1 Å². The molecule has 0 unspecified atom stereocenters. The Morgan fingerprint density at radius 1 is 0.595 bits per heavy atom. The maximum Gasteiger partial charge on any atom is 0.251 e. The fraction of sp³-hybridized carbons (Fsp3) is 0.206. The van der Waals surface area contributed by atoms with Crippen molar-refractivity contribution in [3.05, 3.63) is 131 Å². The molecule has 8 nitrogen and oxygen atoms in total. The van der Waals surface area contributed by atoms with E-state index in [1.807, 2.05) is 91.0 Å². The van der Waals surface area contributed by atoms with Crippen LogP contribution in [0.5, 0.6) is 0 Å². The van der Waals surface area contributed by atoms with Gasteiger partial charge < -0.3 is 27.4 Å². The van der Waals surface area contributed by atoms with E-state index in [-0.39, 0.29) is 11.5 Å². The minimum Gasteiger partial charge on any atom is -0.352 e. The van der Waals surface area contributed by atoms with E-state index in [1.54, 1.807) is 18.2 Å². The molecule has 0 bridgehead atoms. The standard InChI is InChI=1S/C34H37N5O3/c35-30(19-25-13-6-2-7-14-25)33(41)38-28-21-27(32(40)37-18-10-17-24-11-4-1-5-12-24)22-29(23-28)39-34(42)31(36)20-26-15-8-3-9-16-26/h1-9,11-16,21-23,30-31H,10,17-20,35-36H2,(H,37,40)(H,38,41)(H,39,42)/t30-,31-/m0/s1. The molecule has 0 aliphatic carbocycles. The number of hydrogen-bond donors (Lipinski definition) is 5. The first kappa shape index (κ1) is 30.2. The highest BCUT2D eigenvalue weighted by Gasteiger charge is 2.19. The number of benzene rings is 4. The number of carbonyl (C=O) groups is 3. The highest BCUT2D eigenvalue weighted by Crippen LogP contribution is 2.21. The third-order valence-electron chi connectivity index (χ3n) is 6.77. The summed E-state index contributed by atoms with van der Waals surface area (Å²) in [4.78, 5) is 39.0. The fourth-order valence-corrected chi connectivity index (χ4v) is 4.54. The Bertz CT molecular complexity index is 1380. The van der Waals surface area contributed by atoms with E-state index in [0.717, 1.165) is 24.0 Å². The fourth-order valence-electron chi connectivity index (χ4n) is 4.54. The van der Waals surface area contributed by atoms with Crippen molar-refractivity contribution in [1.29, 1.82) is 0 Å². The van der Waals surface area contributed by atoms with Gasteiger partial charge in [0.1, 0.15) is 0 Å². The second kappa shape index (κ2) is 15.3. The molecule has 0 heterocycles. The molecule has 0 aliphatic heterocycles. The lowest BCUT2D eigenvalue weighted by atomic mass is 10.1. The lowest BCUT2D eigenvalue weighted by molar-refractivity contribution is -0.118. The van der Waals surface area contributed by atoms with Crippen molar-refractivity contribution in [2.24, 2.45) is 11.5 Å². The second-order valence-electron chi connectivity index (χ2n) is 10.2. The van der Waals surface area contributed by atoms with Crippen molar-refractivity contribution in [3.8, 4) is 0 Å². The molecule has 0 saturated carbocycles. The molecule has 2 atom stereocenters. The van der Waals surface area contributed by atoms with Crippen LogP contribution in [0.4, 0.5) is 11.4 Å². The molecule has 8 heteroatoms. The molecular formula is C34H37N5O3. The average molecular weight is 564 g/mol. The Labute approximate surface area is 246 Å². The number of aryl methyl sites for hydroxylation is 1. The number of anilines is 2. The molecule has 0 aliphatic rings. The van der Waals surface area contributed by atoms with Crippen LogP contribution in [0.25, 0.3) is 0 Å². The van der Waals surface area contributed by atoms with Gasteiger partial charge in [-0.1, -0.05) is 91.0 Å². The summed E-state index contributed by atoms with van der Waals surface area (Å²) < 4.78 is 0. The minimum atomic E-state index is -0.805. The first-order valence-corrected chi connectivity index (χ1v) is 14.1. The Kier molecular flexibility index (Phi) is 11.0. The Hall–Kier alpha value is -4.79. The molecule has 4 aromatic rings. The monoisotopic (exact) mass is 563 g/mol. The maximum atomic E-state index is 13.1. The van der Waals surface area contributed by atoms with Crippen LogP contribution in [0.2, 0.25) is 0 Å². The van der Waals surface area contributed by atoms with E-state index in [1.165, 1.54) is 5.56 Å². The molecule has 7 N–H and O–H groups in total. The SMILES string of the molecule is N[C@@H](Cc1ccccc1)C(=O)Nc1cc(NC(=O)[C@@H](N)Cc2ccccc2)cc(C(=O)NCCCc2ccccc2)c1. The van der Waals surface area contributed by atoms with E-state index in [2.05, 4.69) is 16.0 Å². The molecule has 216 valence electrons. The lowest BCUT2D eigenvalue weighted by Gasteiger charge is -2.16. The summed E-state index contributed by atoms with van der Waals surface area (Å²) in [5.41, 5.74) is 16.4. The summed E-state index contributed by atoms with van der Waals surface area (Å²) >= 11 is 0. The molecule has 0 saturated heterocycles. The van der Waals surface area contributed by atoms with Crippen LogP contribution in [0.3, 0.4) is 0 Å². The smallest absolute Gasteiger partial charge is 0.251 e. The van der Waals surface area contributed by atoms with Gasteiger partial charge in [-0.2, -0.15) is 0 Å². The Morgan fingerprint density at radius 2 is 1.02 bits per heavy atom. The molecule has 3 amide bonds. The average Bonchev–Trinajstić information content (AvgIpc) is 3.00. The topological polar surface area (TPSA) is 139 Å². The Balaban J connectivity index is 1.45. The number of nitrogens with two attached hydrogens (primary N) is 2.